The molecule has 6 unspecified atom stereocenters. The summed E-state index contributed by atoms with van der Waals surface area (Å²) in [6, 6.07) is 0. The molecule has 17 heteroatoms. The van der Waals surface area contributed by atoms with Gasteiger partial charge < -0.3 is 47.7 Å². The van der Waals surface area contributed by atoms with Crippen molar-refractivity contribution < 1.29 is 80.9 Å². The van der Waals surface area contributed by atoms with Crippen LogP contribution in [0, 0.1) is 0 Å². The van der Waals surface area contributed by atoms with Crippen molar-refractivity contribution in [2.75, 3.05) is 13.2 Å². The van der Waals surface area contributed by atoms with Gasteiger partial charge in [-0.05, 0) is 0 Å². The average Bonchev–Trinajstić information content (AvgIpc) is 2.83. The highest BCUT2D eigenvalue weighted by molar-refractivity contribution is 5.68. The molecule has 0 aromatic carbocycles. The lowest BCUT2D eigenvalue weighted by atomic mass is 9.96. The van der Waals surface area contributed by atoms with E-state index in [4.69, 9.17) is 42.6 Å². The highest BCUT2D eigenvalue weighted by Gasteiger charge is 2.56. The lowest BCUT2D eigenvalue weighted by molar-refractivity contribution is -0.352. The number of aliphatic hydroxyl groups excluding tert-OH is 1. The van der Waals surface area contributed by atoms with E-state index in [0.717, 1.165) is 41.5 Å². The Kier molecular flexibility index (Phi) is 12.4. The van der Waals surface area contributed by atoms with Crippen molar-refractivity contribution in [1.29, 1.82) is 0 Å². The van der Waals surface area contributed by atoms with Gasteiger partial charge in [-0.3, -0.25) is 28.8 Å². The largest absolute Gasteiger partial charge is 0.463 e. The number of ether oxygens (including phenoxy) is 9. The molecule has 41 heavy (non-hydrogen) atoms. The highest BCUT2D eigenvalue weighted by atomic mass is 19.1. The van der Waals surface area contributed by atoms with Crippen LogP contribution in [0.1, 0.15) is 41.5 Å². The quantitative estimate of drug-likeness (QED) is 0.237. The zero-order chi connectivity index (χ0) is 31.0. The van der Waals surface area contributed by atoms with E-state index in [0.29, 0.717) is 0 Å². The highest BCUT2D eigenvalue weighted by Crippen LogP contribution is 2.34. The van der Waals surface area contributed by atoms with E-state index < -0.39 is 111 Å². The van der Waals surface area contributed by atoms with Crippen LogP contribution in [0.3, 0.4) is 0 Å². The molecule has 16 nitrogen and oxygen atoms in total. The minimum absolute atomic E-state index is 0.577. The number of hydrogen-bond donors (Lipinski definition) is 1. The Morgan fingerprint density at radius 2 is 1.02 bits per heavy atom. The third-order valence-corrected chi connectivity index (χ3v) is 5.57. The van der Waals surface area contributed by atoms with Crippen LogP contribution in [0.4, 0.5) is 4.39 Å². The molecule has 2 heterocycles. The third-order valence-electron chi connectivity index (χ3n) is 5.57. The summed E-state index contributed by atoms with van der Waals surface area (Å²) >= 11 is 0. The number of carbonyl (C=O) groups is 6. The summed E-state index contributed by atoms with van der Waals surface area (Å²) in [7, 11) is 0. The standard InChI is InChI=1S/C24H33FO16/c1-9(26)33-7-15-18(32)21(36-12(4)29)22(37-13(5)30)24(39-15)41-19-16(8-34-10(2)27)40-23(38-14(6)31)17(25)20(19)35-11(3)28/h15-24,32H,7-8H2,1-6H3/t15?,16?,17?,18-,19-,20?,21?,22?,23-,24+/m1/s1. The fourth-order valence-electron chi connectivity index (χ4n) is 4.09. The molecule has 2 aliphatic rings. The van der Waals surface area contributed by atoms with Gasteiger partial charge in [0.2, 0.25) is 12.5 Å². The first kappa shape index (κ1) is 33.8. The Morgan fingerprint density at radius 1 is 0.585 bits per heavy atom. The number of aliphatic hydroxyl groups is 1. The maximum atomic E-state index is 15.6. The Hall–Kier alpha value is -3.41. The maximum Gasteiger partial charge on any atom is 0.305 e. The minimum Gasteiger partial charge on any atom is -0.463 e. The van der Waals surface area contributed by atoms with E-state index in [9.17, 15) is 33.9 Å². The molecule has 2 aliphatic heterocycles. The summed E-state index contributed by atoms with van der Waals surface area (Å²) in [5, 5.41) is 10.8. The van der Waals surface area contributed by atoms with Gasteiger partial charge in [-0.2, -0.15) is 0 Å². The molecule has 0 aliphatic carbocycles. The first-order valence-electron chi connectivity index (χ1n) is 12.3. The molecule has 0 spiro atoms. The van der Waals surface area contributed by atoms with Crippen molar-refractivity contribution in [3.05, 3.63) is 0 Å². The van der Waals surface area contributed by atoms with E-state index in [2.05, 4.69) is 0 Å². The topological polar surface area (TPSA) is 206 Å². The van der Waals surface area contributed by atoms with Crippen LogP contribution in [0.5, 0.6) is 0 Å². The van der Waals surface area contributed by atoms with Crippen LogP contribution in [0.25, 0.3) is 0 Å². The van der Waals surface area contributed by atoms with Gasteiger partial charge in [0.05, 0.1) is 0 Å². The molecule has 0 aromatic rings. The van der Waals surface area contributed by atoms with Crippen molar-refractivity contribution in [3.8, 4) is 0 Å². The van der Waals surface area contributed by atoms with Crippen LogP contribution < -0.4 is 0 Å². The molecule has 1 N–H and O–H groups in total. The molecule has 0 saturated carbocycles. The van der Waals surface area contributed by atoms with Crippen LogP contribution in [-0.2, 0) is 71.4 Å². The van der Waals surface area contributed by atoms with Crippen LogP contribution in [-0.4, -0.2) is 116 Å². The molecule has 232 valence electrons. The van der Waals surface area contributed by atoms with Crippen molar-refractivity contribution in [2.24, 2.45) is 0 Å². The first-order chi connectivity index (χ1) is 19.1. The Morgan fingerprint density at radius 3 is 1.51 bits per heavy atom. The lowest BCUT2D eigenvalue weighted by Crippen LogP contribution is -2.66. The second-order valence-electron chi connectivity index (χ2n) is 9.06. The molecule has 10 atom stereocenters. The fourth-order valence-corrected chi connectivity index (χ4v) is 4.09. The van der Waals surface area contributed by atoms with Gasteiger partial charge in [-0.1, -0.05) is 0 Å². The van der Waals surface area contributed by atoms with E-state index in [1.807, 2.05) is 0 Å². The summed E-state index contributed by atoms with van der Waals surface area (Å²) in [5.41, 5.74) is 0. The van der Waals surface area contributed by atoms with Crippen molar-refractivity contribution in [2.45, 2.75) is 103 Å². The minimum atomic E-state index is -2.34. The normalized spacial score (nSPS) is 33.1. The predicted molar refractivity (Wildman–Crippen MR) is 125 cm³/mol. The van der Waals surface area contributed by atoms with E-state index in [-0.39, 0.29) is 0 Å². The van der Waals surface area contributed by atoms with Gasteiger partial charge in [0.15, 0.2) is 24.6 Å². The van der Waals surface area contributed by atoms with Crippen LogP contribution in [0.15, 0.2) is 0 Å². The van der Waals surface area contributed by atoms with Crippen LogP contribution in [0.2, 0.25) is 0 Å². The van der Waals surface area contributed by atoms with Gasteiger partial charge in [0, 0.05) is 41.5 Å². The van der Waals surface area contributed by atoms with E-state index in [1.165, 1.54) is 0 Å². The molecule has 0 aromatic heterocycles. The van der Waals surface area contributed by atoms with E-state index >= 15 is 4.39 Å². The molecule has 2 saturated heterocycles. The van der Waals surface area contributed by atoms with Gasteiger partial charge in [0.25, 0.3) is 0 Å². The van der Waals surface area contributed by atoms with Gasteiger partial charge in [-0.25, -0.2) is 4.39 Å². The maximum absolute atomic E-state index is 15.6. The second kappa shape index (κ2) is 15.0. The smallest absolute Gasteiger partial charge is 0.305 e. The number of esters is 6. The predicted octanol–water partition coefficient (Wildman–Crippen LogP) is -0.995. The number of hydrogen-bond acceptors (Lipinski definition) is 16. The van der Waals surface area contributed by atoms with Crippen molar-refractivity contribution in [1.82, 2.24) is 0 Å². The zero-order valence-corrected chi connectivity index (χ0v) is 23.1. The average molecular weight is 597 g/mol. The molecule has 0 bridgehead atoms. The molecule has 0 amide bonds. The van der Waals surface area contributed by atoms with Crippen molar-refractivity contribution >= 4 is 35.8 Å². The van der Waals surface area contributed by atoms with E-state index in [1.54, 1.807) is 0 Å². The van der Waals surface area contributed by atoms with Gasteiger partial charge in [-0.15, -0.1) is 0 Å². The number of carbonyl (C=O) groups excluding carboxylic acids is 6. The Balaban J connectivity index is 2.54. The molecule has 2 fully saturated rings. The van der Waals surface area contributed by atoms with Gasteiger partial charge in [0.1, 0.15) is 37.6 Å². The van der Waals surface area contributed by atoms with Crippen molar-refractivity contribution in [3.63, 3.8) is 0 Å². The fraction of sp³-hybridized carbons (Fsp3) is 0.750. The Labute approximate surface area is 233 Å². The zero-order valence-electron chi connectivity index (χ0n) is 23.1. The number of rotatable bonds is 10. The number of halogens is 1. The van der Waals surface area contributed by atoms with Crippen LogP contribution >= 0.6 is 0 Å². The Bertz CT molecular complexity index is 987. The first-order valence-corrected chi connectivity index (χ1v) is 12.3. The monoisotopic (exact) mass is 596 g/mol. The summed E-state index contributed by atoms with van der Waals surface area (Å²) in [4.78, 5) is 70.2. The molecular formula is C24H33FO16. The third kappa shape index (κ3) is 9.87. The summed E-state index contributed by atoms with van der Waals surface area (Å²) < 4.78 is 62.9. The lowest BCUT2D eigenvalue weighted by Gasteiger charge is -2.47. The van der Waals surface area contributed by atoms with Gasteiger partial charge >= 0.3 is 35.8 Å². The summed E-state index contributed by atoms with van der Waals surface area (Å²) in [6.07, 6.45) is -17.6. The summed E-state index contributed by atoms with van der Waals surface area (Å²) in [5.74, 6) is -5.30. The summed E-state index contributed by atoms with van der Waals surface area (Å²) in [6.45, 7) is 4.88. The molecule has 2 rings (SSSR count). The molecular weight excluding hydrogens is 563 g/mol. The molecule has 0 radical (unpaired) electrons. The SMILES string of the molecule is CC(=O)OCC1O[C@@H](O[C@@H]2C(COC(C)=O)O[C@@H](OC(C)=O)C(F)C2OC(C)=O)C(OC(C)=O)C(OC(C)=O)[C@@H]1O. The second-order valence-corrected chi connectivity index (χ2v) is 9.06. The number of alkyl halides is 1.